The lowest BCUT2D eigenvalue weighted by Crippen LogP contribution is -2.26. The molecule has 82 valence electrons. The minimum Gasteiger partial charge on any atom is -0.369 e. The molecule has 0 N–H and O–H groups in total. The summed E-state index contributed by atoms with van der Waals surface area (Å²) in [6.45, 7) is 5.52. The number of hydrogen-bond acceptors (Lipinski definition) is 1. The summed E-state index contributed by atoms with van der Waals surface area (Å²) in [4.78, 5) is 2.54. The Labute approximate surface area is 101 Å². The summed E-state index contributed by atoms with van der Waals surface area (Å²) in [5.74, 6) is 0. The first kappa shape index (κ1) is 11.0. The van der Waals surface area contributed by atoms with Gasteiger partial charge < -0.3 is 4.90 Å². The van der Waals surface area contributed by atoms with Gasteiger partial charge in [0.05, 0.1) is 0 Å². The topological polar surface area (TPSA) is 3.24 Å². The van der Waals surface area contributed by atoms with Crippen LogP contribution < -0.4 is 4.90 Å². The molecular formula is C13H18BrN. The maximum Gasteiger partial charge on any atom is 0.0409 e. The van der Waals surface area contributed by atoms with E-state index in [1.54, 1.807) is 0 Å². The summed E-state index contributed by atoms with van der Waals surface area (Å²) in [6.07, 6.45) is 2.73. The van der Waals surface area contributed by atoms with Crippen LogP contribution in [0.1, 0.15) is 30.9 Å². The van der Waals surface area contributed by atoms with Crippen molar-refractivity contribution < 1.29 is 0 Å². The van der Waals surface area contributed by atoms with Gasteiger partial charge in [-0.3, -0.25) is 0 Å². The van der Waals surface area contributed by atoms with E-state index in [1.165, 1.54) is 29.7 Å². The predicted octanol–water partition coefficient (Wildman–Crippen LogP) is 3.88. The molecule has 1 aliphatic carbocycles. The zero-order chi connectivity index (χ0) is 10.8. The van der Waals surface area contributed by atoms with Crippen LogP contribution in [-0.2, 0) is 5.33 Å². The number of nitrogens with zero attached hydrogens (tertiary/aromatic N) is 1. The van der Waals surface area contributed by atoms with Gasteiger partial charge in [-0.1, -0.05) is 33.6 Å². The maximum atomic E-state index is 3.58. The second-order valence-electron chi connectivity index (χ2n) is 4.28. The lowest BCUT2D eigenvalue weighted by molar-refractivity contribution is 0.822. The first-order valence-electron chi connectivity index (χ1n) is 5.68. The van der Waals surface area contributed by atoms with Crippen molar-refractivity contribution in [2.24, 2.45) is 0 Å². The molecule has 0 radical (unpaired) electrons. The van der Waals surface area contributed by atoms with Crippen molar-refractivity contribution >= 4 is 21.6 Å². The number of aryl methyl sites for hydroxylation is 1. The molecule has 0 spiro atoms. The van der Waals surface area contributed by atoms with Crippen LogP contribution in [0.5, 0.6) is 0 Å². The Hall–Kier alpha value is -0.500. The number of alkyl halides is 1. The molecule has 0 atom stereocenters. The average molecular weight is 268 g/mol. The highest BCUT2D eigenvalue weighted by Crippen LogP contribution is 2.34. The Morgan fingerprint density at radius 1 is 1.40 bits per heavy atom. The average Bonchev–Trinajstić information content (AvgIpc) is 3.05. The van der Waals surface area contributed by atoms with E-state index in [0.717, 1.165) is 17.9 Å². The molecule has 0 unspecified atom stereocenters. The van der Waals surface area contributed by atoms with Crippen LogP contribution in [0.2, 0.25) is 0 Å². The van der Waals surface area contributed by atoms with Crippen molar-refractivity contribution in [2.75, 3.05) is 11.4 Å². The van der Waals surface area contributed by atoms with E-state index in [2.05, 4.69) is 52.9 Å². The summed E-state index contributed by atoms with van der Waals surface area (Å²) in [7, 11) is 0. The van der Waals surface area contributed by atoms with Gasteiger partial charge in [0, 0.05) is 23.6 Å². The predicted molar refractivity (Wildman–Crippen MR) is 69.9 cm³/mol. The quantitative estimate of drug-likeness (QED) is 0.749. The fraction of sp³-hybridized carbons (Fsp3) is 0.538. The highest BCUT2D eigenvalue weighted by atomic mass is 79.9. The normalized spacial score (nSPS) is 15.4. The molecule has 1 aromatic carbocycles. The molecule has 0 aliphatic heterocycles. The summed E-state index contributed by atoms with van der Waals surface area (Å²) >= 11 is 3.58. The Balaban J connectivity index is 2.32. The van der Waals surface area contributed by atoms with E-state index in [4.69, 9.17) is 0 Å². The van der Waals surface area contributed by atoms with E-state index < -0.39 is 0 Å². The summed E-state index contributed by atoms with van der Waals surface area (Å²) in [5.41, 5.74) is 4.19. The molecule has 0 saturated heterocycles. The number of rotatable bonds is 4. The molecule has 1 aliphatic rings. The van der Waals surface area contributed by atoms with Crippen molar-refractivity contribution in [3.05, 3.63) is 29.3 Å². The van der Waals surface area contributed by atoms with Gasteiger partial charge in [0.15, 0.2) is 0 Å². The third kappa shape index (κ3) is 2.36. The van der Waals surface area contributed by atoms with Gasteiger partial charge in [0.2, 0.25) is 0 Å². The highest BCUT2D eigenvalue weighted by Gasteiger charge is 2.28. The fourth-order valence-electron chi connectivity index (χ4n) is 2.11. The molecule has 0 heterocycles. The molecule has 1 fully saturated rings. The van der Waals surface area contributed by atoms with Crippen LogP contribution >= 0.6 is 15.9 Å². The smallest absolute Gasteiger partial charge is 0.0409 e. The van der Waals surface area contributed by atoms with Gasteiger partial charge in [-0.25, -0.2) is 0 Å². The van der Waals surface area contributed by atoms with Crippen molar-refractivity contribution in [2.45, 2.75) is 38.1 Å². The Morgan fingerprint density at radius 2 is 2.13 bits per heavy atom. The lowest BCUT2D eigenvalue weighted by atomic mass is 10.1. The first-order chi connectivity index (χ1) is 7.26. The molecule has 1 saturated carbocycles. The minimum atomic E-state index is 0.801. The molecule has 0 aromatic heterocycles. The maximum absolute atomic E-state index is 3.58. The van der Waals surface area contributed by atoms with Crippen molar-refractivity contribution in [1.82, 2.24) is 0 Å². The van der Waals surface area contributed by atoms with E-state index in [0.29, 0.717) is 0 Å². The molecule has 0 amide bonds. The largest absolute Gasteiger partial charge is 0.369 e. The Kier molecular flexibility index (Phi) is 3.35. The zero-order valence-corrected chi connectivity index (χ0v) is 11.0. The van der Waals surface area contributed by atoms with E-state index >= 15 is 0 Å². The zero-order valence-electron chi connectivity index (χ0n) is 9.46. The lowest BCUT2D eigenvalue weighted by Gasteiger charge is -2.25. The van der Waals surface area contributed by atoms with E-state index in [1.807, 2.05) is 0 Å². The fourth-order valence-corrected chi connectivity index (χ4v) is 2.56. The number of benzene rings is 1. The van der Waals surface area contributed by atoms with Crippen LogP contribution in [0, 0.1) is 6.92 Å². The Bertz CT molecular complexity index is 344. The third-order valence-corrected chi connectivity index (χ3v) is 3.62. The Morgan fingerprint density at radius 3 is 2.67 bits per heavy atom. The summed E-state index contributed by atoms with van der Waals surface area (Å²) in [6, 6.07) is 7.57. The molecule has 15 heavy (non-hydrogen) atoms. The third-order valence-electron chi connectivity index (χ3n) is 3.02. The molecule has 1 aromatic rings. The van der Waals surface area contributed by atoms with Crippen LogP contribution in [0.3, 0.4) is 0 Å². The van der Waals surface area contributed by atoms with Crippen LogP contribution in [0.25, 0.3) is 0 Å². The molecule has 0 bridgehead atoms. The first-order valence-corrected chi connectivity index (χ1v) is 6.80. The van der Waals surface area contributed by atoms with Crippen molar-refractivity contribution in [1.29, 1.82) is 0 Å². The molecular weight excluding hydrogens is 250 g/mol. The van der Waals surface area contributed by atoms with Crippen LogP contribution in [0.15, 0.2) is 18.2 Å². The van der Waals surface area contributed by atoms with E-state index in [-0.39, 0.29) is 0 Å². The van der Waals surface area contributed by atoms with Gasteiger partial charge in [0.25, 0.3) is 0 Å². The van der Waals surface area contributed by atoms with Gasteiger partial charge in [-0.15, -0.1) is 0 Å². The van der Waals surface area contributed by atoms with E-state index in [9.17, 15) is 0 Å². The van der Waals surface area contributed by atoms with Gasteiger partial charge in [-0.05, 0) is 38.3 Å². The number of halogens is 1. The van der Waals surface area contributed by atoms with Gasteiger partial charge >= 0.3 is 0 Å². The number of hydrogen-bond donors (Lipinski definition) is 0. The van der Waals surface area contributed by atoms with Crippen LogP contribution in [-0.4, -0.2) is 12.6 Å². The van der Waals surface area contributed by atoms with Crippen molar-refractivity contribution in [3.63, 3.8) is 0 Å². The second-order valence-corrected chi connectivity index (χ2v) is 4.84. The molecule has 2 rings (SSSR count). The highest BCUT2D eigenvalue weighted by molar-refractivity contribution is 9.08. The summed E-state index contributed by atoms with van der Waals surface area (Å²) in [5, 5.41) is 0.952. The molecule has 1 nitrogen and oxygen atoms in total. The van der Waals surface area contributed by atoms with Crippen molar-refractivity contribution in [3.8, 4) is 0 Å². The van der Waals surface area contributed by atoms with Gasteiger partial charge in [0.1, 0.15) is 0 Å². The molecule has 2 heteroatoms. The second kappa shape index (κ2) is 4.56. The summed E-state index contributed by atoms with van der Waals surface area (Å²) < 4.78 is 0. The standard InChI is InChI=1S/C13H18BrN/c1-3-15(12-5-6-12)13-7-4-10(2)8-11(13)9-14/h4,7-8,12H,3,5-6,9H2,1-2H3. The SMILES string of the molecule is CCN(c1ccc(C)cc1CBr)C1CC1. The van der Waals surface area contributed by atoms with Crippen LogP contribution in [0.4, 0.5) is 5.69 Å². The monoisotopic (exact) mass is 267 g/mol. The van der Waals surface area contributed by atoms with Gasteiger partial charge in [-0.2, -0.15) is 0 Å². The minimum absolute atomic E-state index is 0.801. The number of anilines is 1.